The number of hydrogen-bond donors (Lipinski definition) is 1. The zero-order valence-corrected chi connectivity index (χ0v) is 8.93. The lowest BCUT2D eigenvalue weighted by atomic mass is 9.82. The average molecular weight is 187 g/mol. The van der Waals surface area contributed by atoms with Gasteiger partial charge in [-0.15, -0.1) is 0 Å². The molecule has 1 spiro atoms. The lowest BCUT2D eigenvalue weighted by Gasteiger charge is -2.36. The highest BCUT2D eigenvalue weighted by atomic mass is 16.7. The maximum Gasteiger partial charge on any atom is 0.146 e. The molecule has 0 aromatic heterocycles. The molecule has 0 bridgehead atoms. The van der Waals surface area contributed by atoms with Crippen molar-refractivity contribution in [1.29, 1.82) is 0 Å². The summed E-state index contributed by atoms with van der Waals surface area (Å²) < 4.78 is 10.6. The van der Waals surface area contributed by atoms with E-state index < -0.39 is 0 Å². The molecule has 3 heteroatoms. The van der Waals surface area contributed by atoms with E-state index in [1.807, 2.05) is 13.8 Å². The number of ether oxygens (including phenoxy) is 2. The zero-order valence-electron chi connectivity index (χ0n) is 8.93. The number of hydrogen-bond acceptors (Lipinski definition) is 3. The Labute approximate surface area is 80.8 Å². The summed E-state index contributed by atoms with van der Waals surface area (Å²) in [5, 5.41) is 3.42. The van der Waals surface area contributed by atoms with Crippen LogP contribution in [0, 0.1) is 5.41 Å². The third-order valence-corrected chi connectivity index (χ3v) is 2.94. The van der Waals surface area contributed by atoms with Gasteiger partial charge in [0.15, 0.2) is 0 Å². The molecule has 0 aromatic carbocycles. The predicted molar refractivity (Wildman–Crippen MR) is 52.6 cm³/mol. The first-order chi connectivity index (χ1) is 6.33. The molecular formula is C10H21NO2. The Bertz CT molecular complexity index is 144. The summed E-state index contributed by atoms with van der Waals surface area (Å²) in [6, 6.07) is 0.544. The molecular weight excluding hydrogens is 166 g/mol. The van der Waals surface area contributed by atoms with Crippen LogP contribution < -0.4 is 5.32 Å². The Morgan fingerprint density at radius 3 is 2.31 bits per heavy atom. The monoisotopic (exact) mass is 187 g/mol. The molecule has 1 atom stereocenters. The molecule has 13 heavy (non-hydrogen) atoms. The lowest BCUT2D eigenvalue weighted by molar-refractivity contribution is -0.165. The highest BCUT2D eigenvalue weighted by Gasteiger charge is 2.42. The molecule has 2 aliphatic rings. The fourth-order valence-electron chi connectivity index (χ4n) is 1.96. The van der Waals surface area contributed by atoms with Crippen molar-refractivity contribution in [2.45, 2.75) is 33.2 Å². The van der Waals surface area contributed by atoms with Crippen LogP contribution in [0.4, 0.5) is 0 Å². The minimum absolute atomic E-state index is 0.276. The van der Waals surface area contributed by atoms with E-state index >= 15 is 0 Å². The largest absolute Gasteiger partial charge is 0.355 e. The average Bonchev–Trinajstić information content (AvgIpc) is 2.53. The van der Waals surface area contributed by atoms with Crippen LogP contribution in [0.3, 0.4) is 0 Å². The second kappa shape index (κ2) is 4.94. The van der Waals surface area contributed by atoms with Crippen molar-refractivity contribution < 1.29 is 9.47 Å². The Balaban J connectivity index is 0.000000396. The van der Waals surface area contributed by atoms with Crippen molar-refractivity contribution in [3.63, 3.8) is 0 Å². The third kappa shape index (κ3) is 2.22. The van der Waals surface area contributed by atoms with Gasteiger partial charge in [-0.3, -0.25) is 0 Å². The van der Waals surface area contributed by atoms with Crippen LogP contribution in [0.1, 0.15) is 27.2 Å². The van der Waals surface area contributed by atoms with Crippen molar-refractivity contribution in [1.82, 2.24) is 5.32 Å². The van der Waals surface area contributed by atoms with Gasteiger partial charge in [0.05, 0.1) is 13.2 Å². The van der Waals surface area contributed by atoms with Crippen molar-refractivity contribution in [3.8, 4) is 0 Å². The summed E-state index contributed by atoms with van der Waals surface area (Å²) in [6.45, 7) is 9.52. The van der Waals surface area contributed by atoms with E-state index in [0.717, 1.165) is 19.8 Å². The first kappa shape index (κ1) is 11.0. The van der Waals surface area contributed by atoms with E-state index in [9.17, 15) is 0 Å². The Hall–Kier alpha value is -0.120. The van der Waals surface area contributed by atoms with Crippen LogP contribution in [0.15, 0.2) is 0 Å². The van der Waals surface area contributed by atoms with Gasteiger partial charge in [0.25, 0.3) is 0 Å². The normalized spacial score (nSPS) is 31.2. The molecule has 1 unspecified atom stereocenters. The SMILES string of the molecule is CC.CC1NCCC12COCOC2. The van der Waals surface area contributed by atoms with Gasteiger partial charge in [-0.1, -0.05) is 13.8 Å². The number of nitrogens with one attached hydrogen (secondary N) is 1. The molecule has 2 aliphatic heterocycles. The quantitative estimate of drug-likeness (QED) is 0.621. The Morgan fingerprint density at radius 2 is 1.85 bits per heavy atom. The number of rotatable bonds is 0. The fourth-order valence-corrected chi connectivity index (χ4v) is 1.96. The van der Waals surface area contributed by atoms with Crippen LogP contribution in [0.5, 0.6) is 0 Å². The topological polar surface area (TPSA) is 30.5 Å². The van der Waals surface area contributed by atoms with Gasteiger partial charge in [-0.25, -0.2) is 0 Å². The van der Waals surface area contributed by atoms with Crippen molar-refractivity contribution in [2.24, 2.45) is 5.41 Å². The second-order valence-electron chi connectivity index (χ2n) is 3.60. The first-order valence-corrected chi connectivity index (χ1v) is 5.22. The van der Waals surface area contributed by atoms with Crippen LogP contribution >= 0.6 is 0 Å². The Kier molecular flexibility index (Phi) is 4.16. The minimum Gasteiger partial charge on any atom is -0.355 e. The molecule has 2 fully saturated rings. The highest BCUT2D eigenvalue weighted by Crippen LogP contribution is 2.33. The molecule has 2 heterocycles. The van der Waals surface area contributed by atoms with Gasteiger partial charge < -0.3 is 14.8 Å². The lowest BCUT2D eigenvalue weighted by Crippen LogP contribution is -2.44. The maximum atomic E-state index is 5.32. The third-order valence-electron chi connectivity index (χ3n) is 2.94. The summed E-state index contributed by atoms with van der Waals surface area (Å²) in [5.74, 6) is 0. The van der Waals surface area contributed by atoms with E-state index in [1.165, 1.54) is 6.42 Å². The smallest absolute Gasteiger partial charge is 0.146 e. The molecule has 0 amide bonds. The van der Waals surface area contributed by atoms with E-state index in [4.69, 9.17) is 9.47 Å². The summed E-state index contributed by atoms with van der Waals surface area (Å²) in [5.41, 5.74) is 0.276. The minimum atomic E-state index is 0.276. The molecule has 3 nitrogen and oxygen atoms in total. The van der Waals surface area contributed by atoms with E-state index in [0.29, 0.717) is 12.8 Å². The van der Waals surface area contributed by atoms with Gasteiger partial charge in [0, 0.05) is 11.5 Å². The molecule has 1 N–H and O–H groups in total. The molecule has 2 saturated heterocycles. The van der Waals surface area contributed by atoms with Gasteiger partial charge in [0.1, 0.15) is 6.79 Å². The summed E-state index contributed by atoms with van der Waals surface area (Å²) in [4.78, 5) is 0. The van der Waals surface area contributed by atoms with Crippen LogP contribution in [-0.2, 0) is 9.47 Å². The standard InChI is InChI=1S/C8H15NO2.C2H6/c1-7-8(2-3-9-7)4-10-6-11-5-8;1-2/h7,9H,2-6H2,1H3;1-2H3. The second-order valence-corrected chi connectivity index (χ2v) is 3.60. The van der Waals surface area contributed by atoms with Crippen molar-refractivity contribution >= 4 is 0 Å². The van der Waals surface area contributed by atoms with E-state index in [1.54, 1.807) is 0 Å². The highest BCUT2D eigenvalue weighted by molar-refractivity contribution is 4.95. The summed E-state index contributed by atoms with van der Waals surface area (Å²) in [6.07, 6.45) is 1.19. The molecule has 78 valence electrons. The fraction of sp³-hybridized carbons (Fsp3) is 1.00. The summed E-state index contributed by atoms with van der Waals surface area (Å²) in [7, 11) is 0. The van der Waals surface area contributed by atoms with Crippen LogP contribution in [0.2, 0.25) is 0 Å². The molecule has 0 saturated carbocycles. The van der Waals surface area contributed by atoms with Gasteiger partial charge >= 0.3 is 0 Å². The van der Waals surface area contributed by atoms with E-state index in [-0.39, 0.29) is 5.41 Å². The first-order valence-electron chi connectivity index (χ1n) is 5.22. The molecule has 0 aliphatic carbocycles. The van der Waals surface area contributed by atoms with Crippen molar-refractivity contribution in [3.05, 3.63) is 0 Å². The predicted octanol–water partition coefficient (Wildman–Crippen LogP) is 1.39. The summed E-state index contributed by atoms with van der Waals surface area (Å²) >= 11 is 0. The van der Waals surface area contributed by atoms with Crippen molar-refractivity contribution in [2.75, 3.05) is 26.6 Å². The Morgan fingerprint density at radius 1 is 1.23 bits per heavy atom. The molecule has 0 radical (unpaired) electrons. The molecule has 2 rings (SSSR count). The molecule has 0 aromatic rings. The zero-order chi connectivity index (χ0) is 9.73. The van der Waals surface area contributed by atoms with Gasteiger partial charge in [-0.05, 0) is 19.9 Å². The van der Waals surface area contributed by atoms with Crippen LogP contribution in [0.25, 0.3) is 0 Å². The van der Waals surface area contributed by atoms with E-state index in [2.05, 4.69) is 12.2 Å². The van der Waals surface area contributed by atoms with Crippen LogP contribution in [-0.4, -0.2) is 32.6 Å². The maximum absolute atomic E-state index is 5.32. The van der Waals surface area contributed by atoms with Gasteiger partial charge in [-0.2, -0.15) is 0 Å². The van der Waals surface area contributed by atoms with Gasteiger partial charge in [0.2, 0.25) is 0 Å².